The summed E-state index contributed by atoms with van der Waals surface area (Å²) in [5.41, 5.74) is 0. The number of unbranched alkanes of at least 4 members (excludes halogenated alkanes) is 1. The van der Waals surface area contributed by atoms with Crippen LogP contribution >= 0.6 is 0 Å². The van der Waals surface area contributed by atoms with E-state index >= 15 is 0 Å². The lowest BCUT2D eigenvalue weighted by Crippen LogP contribution is -2.13. The second-order valence-electron chi connectivity index (χ2n) is 3.44. The van der Waals surface area contributed by atoms with E-state index in [0.717, 1.165) is 18.8 Å². The van der Waals surface area contributed by atoms with Gasteiger partial charge in [-0.05, 0) is 5.92 Å². The molecule has 0 atom stereocenters. The van der Waals surface area contributed by atoms with Crippen LogP contribution in [0.5, 0.6) is 0 Å². The molecule has 0 aromatic heterocycles. The predicted octanol–water partition coefficient (Wildman–Crippen LogP) is 3.41. The summed E-state index contributed by atoms with van der Waals surface area (Å²) in [6.07, 6.45) is 4.10. The molecule has 0 amide bonds. The molecule has 0 nitrogen and oxygen atoms in total. The van der Waals surface area contributed by atoms with Gasteiger partial charge in [-0.3, -0.25) is 0 Å². The Hall–Kier alpha value is -0.145. The summed E-state index contributed by atoms with van der Waals surface area (Å²) < 4.78 is 35.0. The van der Waals surface area contributed by atoms with E-state index < -0.39 is 13.3 Å². The minimum absolute atomic E-state index is 0.347. The van der Waals surface area contributed by atoms with Gasteiger partial charge in [-0.25, -0.2) is 0 Å². The molecule has 4 heteroatoms. The first-order valence-corrected chi connectivity index (χ1v) is 4.29. The Kier molecular flexibility index (Phi) is 2.85. The molecule has 0 unspecified atom stereocenters. The molecule has 1 fully saturated rings. The van der Waals surface area contributed by atoms with Gasteiger partial charge in [-0.1, -0.05) is 38.4 Å². The molecule has 1 rings (SSSR count). The molecule has 0 radical (unpaired) electrons. The fourth-order valence-corrected chi connectivity index (χ4v) is 1.22. The summed E-state index contributed by atoms with van der Waals surface area (Å²) in [6, 6.07) is 0. The summed E-state index contributed by atoms with van der Waals surface area (Å²) in [7, 11) is 0. The van der Waals surface area contributed by atoms with Gasteiger partial charge in [0, 0.05) is 0 Å². The standard InChI is InChI=1S/C7H13BF3/c9-8(10,11)6-2-1-3-7-4-5-7/h7H,1-6H2/q-1. The molecule has 0 spiro atoms. The van der Waals surface area contributed by atoms with Crippen LogP contribution in [0.3, 0.4) is 0 Å². The maximum atomic E-state index is 11.7. The highest BCUT2D eigenvalue weighted by Gasteiger charge is 2.23. The molecule has 11 heavy (non-hydrogen) atoms. The number of hydrogen-bond acceptors (Lipinski definition) is 0. The molecular formula is C7H13BF3-. The van der Waals surface area contributed by atoms with Gasteiger partial charge in [-0.2, -0.15) is 0 Å². The van der Waals surface area contributed by atoms with Crippen LogP contribution in [0.2, 0.25) is 6.32 Å². The number of rotatable bonds is 5. The predicted molar refractivity (Wildman–Crippen MR) is 40.5 cm³/mol. The zero-order chi connectivity index (χ0) is 8.32. The van der Waals surface area contributed by atoms with Crippen molar-refractivity contribution in [3.05, 3.63) is 0 Å². The Balaban J connectivity index is 1.87. The molecule has 0 bridgehead atoms. The normalized spacial score (nSPS) is 18.8. The van der Waals surface area contributed by atoms with E-state index in [0.29, 0.717) is 6.42 Å². The van der Waals surface area contributed by atoms with E-state index in [1.54, 1.807) is 0 Å². The van der Waals surface area contributed by atoms with Gasteiger partial charge in [0.25, 0.3) is 0 Å². The lowest BCUT2D eigenvalue weighted by atomic mass is 9.83. The van der Waals surface area contributed by atoms with Crippen LogP contribution in [0.25, 0.3) is 0 Å². The molecule has 0 heterocycles. The largest absolute Gasteiger partial charge is 0.478 e. The van der Waals surface area contributed by atoms with E-state index in [-0.39, 0.29) is 0 Å². The minimum Gasteiger partial charge on any atom is -0.449 e. The van der Waals surface area contributed by atoms with Crippen molar-refractivity contribution in [2.24, 2.45) is 5.92 Å². The lowest BCUT2D eigenvalue weighted by molar-refractivity contribution is 0.458. The van der Waals surface area contributed by atoms with E-state index in [2.05, 4.69) is 0 Å². The summed E-state index contributed by atoms with van der Waals surface area (Å²) in [6.45, 7) is -4.51. The molecule has 66 valence electrons. The van der Waals surface area contributed by atoms with Crippen molar-refractivity contribution >= 4 is 6.98 Å². The van der Waals surface area contributed by atoms with Crippen molar-refractivity contribution in [1.29, 1.82) is 0 Å². The van der Waals surface area contributed by atoms with Gasteiger partial charge >= 0.3 is 6.98 Å². The van der Waals surface area contributed by atoms with Crippen LogP contribution in [0, 0.1) is 5.92 Å². The Bertz CT molecular complexity index is 117. The third-order valence-electron chi connectivity index (χ3n) is 2.09. The van der Waals surface area contributed by atoms with E-state index in [1.807, 2.05) is 0 Å². The number of hydrogen-bond donors (Lipinski definition) is 0. The second-order valence-corrected chi connectivity index (χ2v) is 3.44. The molecule has 1 saturated carbocycles. The summed E-state index contributed by atoms with van der Waals surface area (Å²) in [4.78, 5) is 0. The summed E-state index contributed by atoms with van der Waals surface area (Å²) in [5, 5.41) is 0. The van der Waals surface area contributed by atoms with Crippen LogP contribution in [0.4, 0.5) is 12.9 Å². The van der Waals surface area contributed by atoms with Crippen molar-refractivity contribution < 1.29 is 12.9 Å². The van der Waals surface area contributed by atoms with Gasteiger partial charge in [0.1, 0.15) is 0 Å². The maximum Gasteiger partial charge on any atom is 0.478 e. The van der Waals surface area contributed by atoms with Crippen molar-refractivity contribution in [1.82, 2.24) is 0 Å². The van der Waals surface area contributed by atoms with Crippen LogP contribution in [-0.4, -0.2) is 6.98 Å². The average molecular weight is 165 g/mol. The van der Waals surface area contributed by atoms with Crippen molar-refractivity contribution in [3.63, 3.8) is 0 Å². The Morgan fingerprint density at radius 2 is 1.73 bits per heavy atom. The van der Waals surface area contributed by atoms with Crippen molar-refractivity contribution in [2.75, 3.05) is 0 Å². The van der Waals surface area contributed by atoms with Crippen LogP contribution < -0.4 is 0 Å². The third-order valence-corrected chi connectivity index (χ3v) is 2.09. The highest BCUT2D eigenvalue weighted by Crippen LogP contribution is 2.34. The smallest absolute Gasteiger partial charge is 0.449 e. The molecular weight excluding hydrogens is 152 g/mol. The van der Waals surface area contributed by atoms with Crippen LogP contribution in [0.15, 0.2) is 0 Å². The van der Waals surface area contributed by atoms with E-state index in [1.165, 1.54) is 12.8 Å². The highest BCUT2D eigenvalue weighted by molar-refractivity contribution is 6.58. The first-order chi connectivity index (χ1) is 5.08. The second kappa shape index (κ2) is 3.50. The van der Waals surface area contributed by atoms with E-state index in [4.69, 9.17) is 0 Å². The molecule has 0 aromatic carbocycles. The average Bonchev–Trinajstić information content (AvgIpc) is 2.60. The third kappa shape index (κ3) is 5.16. The Labute approximate surface area is 65.2 Å². The fourth-order valence-electron chi connectivity index (χ4n) is 1.22. The van der Waals surface area contributed by atoms with Crippen LogP contribution in [0.1, 0.15) is 32.1 Å². The van der Waals surface area contributed by atoms with E-state index in [9.17, 15) is 12.9 Å². The fraction of sp³-hybridized carbons (Fsp3) is 1.00. The van der Waals surface area contributed by atoms with Gasteiger partial charge in [-0.15, -0.1) is 0 Å². The lowest BCUT2D eigenvalue weighted by Gasteiger charge is -2.12. The number of halogens is 3. The van der Waals surface area contributed by atoms with Crippen molar-refractivity contribution in [2.45, 2.75) is 38.4 Å². The maximum absolute atomic E-state index is 11.7. The zero-order valence-electron chi connectivity index (χ0n) is 6.53. The Morgan fingerprint density at radius 3 is 2.18 bits per heavy atom. The van der Waals surface area contributed by atoms with Gasteiger partial charge in [0.2, 0.25) is 0 Å². The quantitative estimate of drug-likeness (QED) is 0.432. The van der Waals surface area contributed by atoms with Gasteiger partial charge in [0.05, 0.1) is 0 Å². The SMILES string of the molecule is F[B-](F)(F)CCCCC1CC1. The Morgan fingerprint density at radius 1 is 1.09 bits per heavy atom. The van der Waals surface area contributed by atoms with Crippen molar-refractivity contribution in [3.8, 4) is 0 Å². The topological polar surface area (TPSA) is 0 Å². The molecule has 0 aromatic rings. The van der Waals surface area contributed by atoms with Gasteiger partial charge in [0.15, 0.2) is 0 Å². The molecule has 0 N–H and O–H groups in total. The summed E-state index contributed by atoms with van der Waals surface area (Å²) in [5.74, 6) is 0.774. The minimum atomic E-state index is -4.51. The zero-order valence-corrected chi connectivity index (χ0v) is 6.53. The first-order valence-electron chi connectivity index (χ1n) is 4.29. The highest BCUT2D eigenvalue weighted by atomic mass is 19.4. The molecule has 1 aliphatic carbocycles. The molecule has 0 saturated heterocycles. The molecule has 1 aliphatic rings. The monoisotopic (exact) mass is 165 g/mol. The first kappa shape index (κ1) is 8.95. The molecule has 0 aliphatic heterocycles. The van der Waals surface area contributed by atoms with Crippen LogP contribution in [-0.2, 0) is 0 Å². The summed E-state index contributed by atoms with van der Waals surface area (Å²) >= 11 is 0. The van der Waals surface area contributed by atoms with Gasteiger partial charge < -0.3 is 12.9 Å².